The van der Waals surface area contributed by atoms with Crippen LogP contribution in [0.1, 0.15) is 341 Å². The van der Waals surface area contributed by atoms with Crippen LogP contribution >= 0.6 is 0 Å². The van der Waals surface area contributed by atoms with Crippen molar-refractivity contribution in [1.82, 2.24) is 5.32 Å². The van der Waals surface area contributed by atoms with Crippen molar-refractivity contribution in [3.63, 3.8) is 0 Å². The Morgan fingerprint density at radius 2 is 0.594 bits per heavy atom. The van der Waals surface area contributed by atoms with Gasteiger partial charge in [0.25, 0.3) is 0 Å². The van der Waals surface area contributed by atoms with Crippen molar-refractivity contribution in [2.24, 2.45) is 0 Å². The Hall–Kier alpha value is -1.65. The number of hydrogen-bond acceptors (Lipinski definition) is 3. The van der Waals surface area contributed by atoms with Crippen molar-refractivity contribution in [3.05, 3.63) is 48.6 Å². The van der Waals surface area contributed by atoms with Gasteiger partial charge < -0.3 is 15.5 Å². The number of rotatable bonds is 58. The summed E-state index contributed by atoms with van der Waals surface area (Å²) >= 11 is 0. The Morgan fingerprint density at radius 3 is 0.884 bits per heavy atom. The van der Waals surface area contributed by atoms with Gasteiger partial charge in [-0.2, -0.15) is 0 Å². The van der Waals surface area contributed by atoms with E-state index in [4.69, 9.17) is 0 Å². The van der Waals surface area contributed by atoms with Crippen molar-refractivity contribution >= 4 is 5.91 Å². The molecule has 0 aliphatic heterocycles. The fourth-order valence-corrected chi connectivity index (χ4v) is 9.78. The average molecular weight is 967 g/mol. The van der Waals surface area contributed by atoms with Gasteiger partial charge in [-0.3, -0.25) is 4.79 Å². The van der Waals surface area contributed by atoms with Gasteiger partial charge in [-0.1, -0.05) is 326 Å². The van der Waals surface area contributed by atoms with E-state index in [1.807, 2.05) is 6.08 Å². The van der Waals surface area contributed by atoms with Gasteiger partial charge in [0.05, 0.1) is 18.8 Å². The molecule has 0 saturated carbocycles. The molecule has 2 unspecified atom stereocenters. The van der Waals surface area contributed by atoms with E-state index in [-0.39, 0.29) is 12.5 Å². The summed E-state index contributed by atoms with van der Waals surface area (Å²) in [6.07, 6.45) is 84.4. The number of aliphatic hydroxyl groups excluding tert-OH is 2. The lowest BCUT2D eigenvalue weighted by molar-refractivity contribution is -0.123. The second kappa shape index (κ2) is 60.7. The lowest BCUT2D eigenvalue weighted by Gasteiger charge is -2.20. The molecule has 406 valence electrons. The molecule has 4 heteroatoms. The Balaban J connectivity index is 3.46. The van der Waals surface area contributed by atoms with Gasteiger partial charge in [0.15, 0.2) is 0 Å². The van der Waals surface area contributed by atoms with E-state index < -0.39 is 12.1 Å². The van der Waals surface area contributed by atoms with Crippen molar-refractivity contribution in [1.29, 1.82) is 0 Å². The summed E-state index contributed by atoms with van der Waals surface area (Å²) in [4.78, 5) is 12.5. The highest BCUT2D eigenvalue weighted by Crippen LogP contribution is 2.18. The third-order valence-corrected chi connectivity index (χ3v) is 14.6. The van der Waals surface area contributed by atoms with Gasteiger partial charge in [0.2, 0.25) is 5.91 Å². The predicted molar refractivity (Wildman–Crippen MR) is 308 cm³/mol. The monoisotopic (exact) mass is 966 g/mol. The molecule has 0 aromatic rings. The first kappa shape index (κ1) is 67.3. The minimum atomic E-state index is -0.840. The molecule has 2 atom stereocenters. The maximum Gasteiger partial charge on any atom is 0.220 e. The lowest BCUT2D eigenvalue weighted by atomic mass is 10.0. The highest BCUT2D eigenvalue weighted by molar-refractivity contribution is 5.76. The van der Waals surface area contributed by atoms with Crippen LogP contribution in [0.4, 0.5) is 0 Å². The summed E-state index contributed by atoms with van der Waals surface area (Å²) in [6.45, 7) is 4.33. The topological polar surface area (TPSA) is 69.6 Å². The molecule has 0 saturated heterocycles. The van der Waals surface area contributed by atoms with Crippen LogP contribution in [0.15, 0.2) is 48.6 Å². The van der Waals surface area contributed by atoms with Crippen LogP contribution in [-0.2, 0) is 4.79 Å². The molecule has 0 aliphatic carbocycles. The number of amides is 1. The number of carbonyl (C=O) groups is 1. The van der Waals surface area contributed by atoms with E-state index in [0.717, 1.165) is 38.5 Å². The normalized spacial score (nSPS) is 13.0. The molecule has 1 amide bonds. The molecule has 0 rings (SSSR count). The minimum absolute atomic E-state index is 0.0586. The van der Waals surface area contributed by atoms with E-state index in [2.05, 4.69) is 55.6 Å². The SMILES string of the molecule is CCCCCCC/C=C\C/C=C\C/C=C\CCCCCCCCCCCCCCCCCCCCC(=O)NC(CO)C(O)/C=C/CCCCCCCCCCCCCCCCCCCCCCCC. The van der Waals surface area contributed by atoms with Gasteiger partial charge in [0.1, 0.15) is 0 Å². The number of carbonyl (C=O) groups excluding carboxylic acids is 1. The maximum atomic E-state index is 12.5. The molecule has 0 radical (unpaired) electrons. The van der Waals surface area contributed by atoms with Crippen LogP contribution in [0.25, 0.3) is 0 Å². The van der Waals surface area contributed by atoms with Crippen molar-refractivity contribution < 1.29 is 15.0 Å². The summed E-state index contributed by atoms with van der Waals surface area (Å²) in [5.41, 5.74) is 0. The predicted octanol–water partition coefficient (Wildman–Crippen LogP) is 21.0. The average Bonchev–Trinajstić information content (AvgIpc) is 3.35. The summed E-state index contributed by atoms with van der Waals surface area (Å²) in [6, 6.07) is -0.623. The Bertz CT molecular complexity index is 1090. The zero-order valence-electron chi connectivity index (χ0n) is 46.8. The fraction of sp³-hybridized carbons (Fsp3) is 0.862. The van der Waals surface area contributed by atoms with Gasteiger partial charge in [-0.25, -0.2) is 0 Å². The number of unbranched alkanes of at least 4 members (excludes halogenated alkanes) is 45. The van der Waals surface area contributed by atoms with E-state index in [0.29, 0.717) is 6.42 Å². The third kappa shape index (κ3) is 57.1. The first-order chi connectivity index (χ1) is 34.2. The highest BCUT2D eigenvalue weighted by Gasteiger charge is 2.18. The smallest absolute Gasteiger partial charge is 0.220 e. The van der Waals surface area contributed by atoms with Crippen LogP contribution in [0.2, 0.25) is 0 Å². The Labute approximate surface area is 433 Å². The van der Waals surface area contributed by atoms with Gasteiger partial charge in [-0.15, -0.1) is 0 Å². The van der Waals surface area contributed by atoms with Crippen LogP contribution in [0.5, 0.6) is 0 Å². The van der Waals surface area contributed by atoms with E-state index >= 15 is 0 Å². The van der Waals surface area contributed by atoms with Crippen LogP contribution in [0, 0.1) is 0 Å². The number of hydrogen-bond donors (Lipinski definition) is 3. The summed E-state index contributed by atoms with van der Waals surface area (Å²) in [5, 5.41) is 23.2. The standard InChI is InChI=1S/C65H123NO3/c1-3-5-7-9-11-13-15-17-19-21-23-25-27-29-30-31-32-33-34-35-36-37-39-41-43-45-47-49-51-53-55-57-59-61-65(69)66-63(62-67)64(68)60-58-56-54-52-50-48-46-44-42-40-38-28-26-24-22-20-18-16-14-12-10-8-6-4-2/h15,17,21,23,27,29,58,60,63-64,67-68H,3-14,16,18-20,22,24-26,28,30-57,59,61-62H2,1-2H3,(H,66,69)/b17-15-,23-21-,29-27-,60-58+. The van der Waals surface area contributed by atoms with E-state index in [1.165, 1.54) is 283 Å². The van der Waals surface area contributed by atoms with Crippen LogP contribution in [0.3, 0.4) is 0 Å². The van der Waals surface area contributed by atoms with Crippen LogP contribution < -0.4 is 5.32 Å². The third-order valence-electron chi connectivity index (χ3n) is 14.6. The minimum Gasteiger partial charge on any atom is -0.394 e. The lowest BCUT2D eigenvalue weighted by Crippen LogP contribution is -2.45. The van der Waals surface area contributed by atoms with Crippen LogP contribution in [-0.4, -0.2) is 34.9 Å². The molecule has 0 aromatic heterocycles. The first-order valence-corrected chi connectivity index (χ1v) is 31.4. The summed E-state index contributed by atoms with van der Waals surface area (Å²) in [5.74, 6) is -0.0586. The molecule has 0 fully saturated rings. The van der Waals surface area contributed by atoms with Gasteiger partial charge >= 0.3 is 0 Å². The highest BCUT2D eigenvalue weighted by atomic mass is 16.3. The molecule has 0 spiro atoms. The molecule has 4 nitrogen and oxygen atoms in total. The van der Waals surface area contributed by atoms with Crippen molar-refractivity contribution in [3.8, 4) is 0 Å². The summed E-state index contributed by atoms with van der Waals surface area (Å²) in [7, 11) is 0. The molecule has 0 aromatic carbocycles. The second-order valence-electron chi connectivity index (χ2n) is 21.5. The van der Waals surface area contributed by atoms with E-state index in [9.17, 15) is 15.0 Å². The maximum absolute atomic E-state index is 12.5. The number of nitrogens with one attached hydrogen (secondary N) is 1. The van der Waals surface area contributed by atoms with Crippen molar-refractivity contribution in [2.75, 3.05) is 6.61 Å². The molecule has 0 bridgehead atoms. The summed E-state index contributed by atoms with van der Waals surface area (Å²) < 4.78 is 0. The van der Waals surface area contributed by atoms with E-state index in [1.54, 1.807) is 6.08 Å². The Kier molecular flexibility index (Phi) is 59.2. The molecule has 3 N–H and O–H groups in total. The zero-order valence-corrected chi connectivity index (χ0v) is 46.8. The molecule has 0 heterocycles. The number of aliphatic hydroxyl groups is 2. The quantitative estimate of drug-likeness (QED) is 0.0420. The van der Waals surface area contributed by atoms with Gasteiger partial charge in [0, 0.05) is 6.42 Å². The zero-order chi connectivity index (χ0) is 49.9. The molecular formula is C65H123NO3. The largest absolute Gasteiger partial charge is 0.394 e. The van der Waals surface area contributed by atoms with Crippen molar-refractivity contribution in [2.45, 2.75) is 353 Å². The number of allylic oxidation sites excluding steroid dienone is 7. The first-order valence-electron chi connectivity index (χ1n) is 31.4. The second-order valence-corrected chi connectivity index (χ2v) is 21.5. The van der Waals surface area contributed by atoms with Gasteiger partial charge in [-0.05, 0) is 57.8 Å². The molecule has 0 aliphatic rings. The molecular weight excluding hydrogens is 843 g/mol. The molecule has 69 heavy (non-hydrogen) atoms. The fourth-order valence-electron chi connectivity index (χ4n) is 9.78. The Morgan fingerprint density at radius 1 is 0.348 bits per heavy atom.